The SMILES string of the molecule is C[C@@H]1CCSCCN1C[C@@H](O)CN1C(=O)c2ccccc2C1=O. The average molecular weight is 334 g/mol. The van der Waals surface area contributed by atoms with E-state index in [4.69, 9.17) is 0 Å². The predicted octanol–water partition coefficient (Wildman–Crippen LogP) is 1.47. The molecule has 23 heavy (non-hydrogen) atoms. The van der Waals surface area contributed by atoms with Gasteiger partial charge in [-0.05, 0) is 31.2 Å². The van der Waals surface area contributed by atoms with E-state index >= 15 is 0 Å². The van der Waals surface area contributed by atoms with E-state index in [0.29, 0.717) is 23.7 Å². The topological polar surface area (TPSA) is 60.9 Å². The van der Waals surface area contributed by atoms with Gasteiger partial charge in [0, 0.05) is 24.9 Å². The Labute approximate surface area is 140 Å². The third-order valence-corrected chi connectivity index (χ3v) is 5.54. The number of thioether (sulfide) groups is 1. The molecule has 0 unspecified atom stereocenters. The molecule has 2 aliphatic rings. The van der Waals surface area contributed by atoms with Gasteiger partial charge >= 0.3 is 0 Å². The number of aliphatic hydroxyl groups is 1. The first-order valence-corrected chi connectivity index (χ1v) is 9.18. The first kappa shape index (κ1) is 16.5. The molecule has 124 valence electrons. The number of benzene rings is 1. The lowest BCUT2D eigenvalue weighted by atomic mass is 10.1. The quantitative estimate of drug-likeness (QED) is 0.845. The van der Waals surface area contributed by atoms with E-state index in [-0.39, 0.29) is 18.4 Å². The van der Waals surface area contributed by atoms with Crippen LogP contribution in [0.5, 0.6) is 0 Å². The van der Waals surface area contributed by atoms with Gasteiger partial charge in [-0.15, -0.1) is 0 Å². The number of hydrogen-bond acceptors (Lipinski definition) is 5. The van der Waals surface area contributed by atoms with Crippen molar-refractivity contribution in [2.75, 3.05) is 31.1 Å². The lowest BCUT2D eigenvalue weighted by molar-refractivity contribution is 0.0443. The van der Waals surface area contributed by atoms with E-state index in [0.717, 1.165) is 24.5 Å². The summed E-state index contributed by atoms with van der Waals surface area (Å²) in [4.78, 5) is 28.1. The minimum Gasteiger partial charge on any atom is -0.390 e. The number of rotatable bonds is 4. The van der Waals surface area contributed by atoms with Gasteiger partial charge in [-0.3, -0.25) is 19.4 Å². The van der Waals surface area contributed by atoms with Gasteiger partial charge in [-0.25, -0.2) is 0 Å². The van der Waals surface area contributed by atoms with E-state index in [1.165, 1.54) is 4.90 Å². The smallest absolute Gasteiger partial charge is 0.261 e. The molecular weight excluding hydrogens is 312 g/mol. The number of hydrogen-bond donors (Lipinski definition) is 1. The Morgan fingerprint density at radius 2 is 1.83 bits per heavy atom. The van der Waals surface area contributed by atoms with Gasteiger partial charge in [-0.1, -0.05) is 12.1 Å². The summed E-state index contributed by atoms with van der Waals surface area (Å²) in [6, 6.07) is 7.24. The zero-order chi connectivity index (χ0) is 16.4. The van der Waals surface area contributed by atoms with Crippen LogP contribution in [0, 0.1) is 0 Å². The molecule has 2 atom stereocenters. The average Bonchev–Trinajstić information content (AvgIpc) is 2.69. The second-order valence-electron chi connectivity index (χ2n) is 6.17. The lowest BCUT2D eigenvalue weighted by Crippen LogP contribution is -2.45. The number of nitrogens with zero attached hydrogens (tertiary/aromatic N) is 2. The molecule has 0 radical (unpaired) electrons. The minimum absolute atomic E-state index is 0.0582. The maximum atomic E-state index is 12.3. The van der Waals surface area contributed by atoms with Crippen LogP contribution >= 0.6 is 11.8 Å². The summed E-state index contributed by atoms with van der Waals surface area (Å²) in [6.45, 7) is 3.66. The Kier molecular flexibility index (Phi) is 5.04. The first-order chi connectivity index (χ1) is 11.1. The number of imide groups is 1. The molecule has 0 aliphatic carbocycles. The molecule has 3 rings (SSSR count). The zero-order valence-electron chi connectivity index (χ0n) is 13.3. The summed E-state index contributed by atoms with van der Waals surface area (Å²) in [5.74, 6) is 1.60. The van der Waals surface area contributed by atoms with Gasteiger partial charge in [0.25, 0.3) is 11.8 Å². The van der Waals surface area contributed by atoms with E-state index in [2.05, 4.69) is 11.8 Å². The maximum absolute atomic E-state index is 12.3. The van der Waals surface area contributed by atoms with Crippen molar-refractivity contribution in [2.45, 2.75) is 25.5 Å². The summed E-state index contributed by atoms with van der Waals surface area (Å²) in [6.07, 6.45) is 0.382. The van der Waals surface area contributed by atoms with Crippen molar-refractivity contribution in [1.29, 1.82) is 0 Å². The molecule has 0 aromatic heterocycles. The highest BCUT2D eigenvalue weighted by Crippen LogP contribution is 2.23. The van der Waals surface area contributed by atoms with Gasteiger partial charge in [0.1, 0.15) is 0 Å². The van der Waals surface area contributed by atoms with Crippen LogP contribution in [0.2, 0.25) is 0 Å². The Hall–Kier alpha value is -1.37. The van der Waals surface area contributed by atoms with Crippen molar-refractivity contribution in [3.8, 4) is 0 Å². The molecular formula is C17H22N2O3S. The van der Waals surface area contributed by atoms with Crippen LogP contribution in [-0.2, 0) is 0 Å². The second kappa shape index (κ2) is 7.03. The number of β-amino-alcohol motifs (C(OH)–C–C–N with tert-alkyl or cyclic N) is 1. The van der Waals surface area contributed by atoms with Gasteiger partial charge in [0.2, 0.25) is 0 Å². The van der Waals surface area contributed by atoms with Gasteiger partial charge in [0.05, 0.1) is 23.8 Å². The van der Waals surface area contributed by atoms with E-state index in [1.54, 1.807) is 24.3 Å². The zero-order valence-corrected chi connectivity index (χ0v) is 14.1. The summed E-state index contributed by atoms with van der Waals surface area (Å²) in [7, 11) is 0. The van der Waals surface area contributed by atoms with Crippen molar-refractivity contribution in [3.63, 3.8) is 0 Å². The Morgan fingerprint density at radius 3 is 2.48 bits per heavy atom. The van der Waals surface area contributed by atoms with Crippen molar-refractivity contribution >= 4 is 23.6 Å². The van der Waals surface area contributed by atoms with E-state index in [9.17, 15) is 14.7 Å². The molecule has 2 amide bonds. The molecule has 0 bridgehead atoms. The highest BCUT2D eigenvalue weighted by atomic mass is 32.2. The molecule has 1 aromatic rings. The molecule has 0 saturated carbocycles. The molecule has 1 N–H and O–H groups in total. The molecule has 6 heteroatoms. The van der Waals surface area contributed by atoms with Crippen LogP contribution in [-0.4, -0.2) is 70.0 Å². The summed E-state index contributed by atoms with van der Waals surface area (Å²) >= 11 is 1.93. The number of aliphatic hydroxyl groups excluding tert-OH is 1. The van der Waals surface area contributed by atoms with Crippen molar-refractivity contribution in [2.24, 2.45) is 0 Å². The van der Waals surface area contributed by atoms with Crippen LogP contribution in [0.4, 0.5) is 0 Å². The Morgan fingerprint density at radius 1 is 1.17 bits per heavy atom. The third kappa shape index (κ3) is 3.44. The second-order valence-corrected chi connectivity index (χ2v) is 7.39. The third-order valence-electron chi connectivity index (χ3n) is 4.54. The first-order valence-electron chi connectivity index (χ1n) is 8.03. The van der Waals surface area contributed by atoms with Crippen LogP contribution in [0.15, 0.2) is 24.3 Å². The summed E-state index contributed by atoms with van der Waals surface area (Å²) < 4.78 is 0. The number of carbonyl (C=O) groups excluding carboxylic acids is 2. The largest absolute Gasteiger partial charge is 0.390 e. The monoisotopic (exact) mass is 334 g/mol. The van der Waals surface area contributed by atoms with Crippen LogP contribution in [0.3, 0.4) is 0 Å². The van der Waals surface area contributed by atoms with Crippen molar-refractivity contribution in [1.82, 2.24) is 9.80 Å². The van der Waals surface area contributed by atoms with Gasteiger partial charge in [0.15, 0.2) is 0 Å². The molecule has 1 fully saturated rings. The number of carbonyl (C=O) groups is 2. The fourth-order valence-corrected chi connectivity index (χ4v) is 4.23. The molecule has 0 spiro atoms. The number of amides is 2. The molecule has 1 aromatic carbocycles. The highest BCUT2D eigenvalue weighted by Gasteiger charge is 2.36. The minimum atomic E-state index is -0.720. The van der Waals surface area contributed by atoms with E-state index in [1.807, 2.05) is 11.8 Å². The van der Waals surface area contributed by atoms with E-state index < -0.39 is 6.10 Å². The molecule has 5 nitrogen and oxygen atoms in total. The standard InChI is InChI=1S/C17H22N2O3S/c1-12-6-8-23-9-7-18(12)10-13(20)11-19-16(21)14-4-2-3-5-15(14)17(19)22/h2-5,12-13,20H,6-11H2,1H3/t12-,13-/m1/s1. The maximum Gasteiger partial charge on any atom is 0.261 e. The van der Waals surface area contributed by atoms with Crippen LogP contribution in [0.1, 0.15) is 34.1 Å². The van der Waals surface area contributed by atoms with Crippen LogP contribution in [0.25, 0.3) is 0 Å². The van der Waals surface area contributed by atoms with Crippen molar-refractivity contribution in [3.05, 3.63) is 35.4 Å². The molecule has 1 saturated heterocycles. The molecule has 2 aliphatic heterocycles. The number of fused-ring (bicyclic) bond motifs is 1. The lowest BCUT2D eigenvalue weighted by Gasteiger charge is -2.30. The highest BCUT2D eigenvalue weighted by molar-refractivity contribution is 7.99. The fourth-order valence-electron chi connectivity index (χ4n) is 3.16. The normalized spacial score (nSPS) is 23.7. The van der Waals surface area contributed by atoms with Gasteiger partial charge < -0.3 is 5.11 Å². The molecule has 2 heterocycles. The summed E-state index contributed by atoms with van der Waals surface area (Å²) in [5.41, 5.74) is 0.869. The van der Waals surface area contributed by atoms with Gasteiger partial charge in [-0.2, -0.15) is 11.8 Å². The Balaban J connectivity index is 1.63. The Bertz CT molecular complexity index is 572. The fraction of sp³-hybridized carbons (Fsp3) is 0.529. The predicted molar refractivity (Wildman–Crippen MR) is 90.8 cm³/mol. The van der Waals surface area contributed by atoms with Crippen molar-refractivity contribution < 1.29 is 14.7 Å². The summed E-state index contributed by atoms with van der Waals surface area (Å²) in [5, 5.41) is 10.4. The van der Waals surface area contributed by atoms with Crippen LogP contribution < -0.4 is 0 Å².